The van der Waals surface area contributed by atoms with Crippen LogP contribution in [0.4, 0.5) is 11.6 Å². The Hall–Kier alpha value is -3.33. The number of fused-ring (bicyclic) bond motifs is 3. The van der Waals surface area contributed by atoms with Gasteiger partial charge < -0.3 is 25.5 Å². The zero-order valence-electron chi connectivity index (χ0n) is 20.6. The Balaban J connectivity index is 1.43. The van der Waals surface area contributed by atoms with Crippen molar-refractivity contribution < 1.29 is 4.79 Å². The van der Waals surface area contributed by atoms with Crippen LogP contribution in [0.25, 0.3) is 21.8 Å². The molecule has 10 heteroatoms. The van der Waals surface area contributed by atoms with Gasteiger partial charge in [0.15, 0.2) is 0 Å². The minimum Gasteiger partial charge on any atom is -0.333 e. The Morgan fingerprint density at radius 2 is 2.03 bits per heavy atom. The van der Waals surface area contributed by atoms with Crippen LogP contribution in [0.15, 0.2) is 47.4 Å². The fourth-order valence-corrected chi connectivity index (χ4v) is 5.35. The maximum absolute atomic E-state index is 13.3. The van der Waals surface area contributed by atoms with Crippen LogP contribution < -0.4 is 21.5 Å². The molecule has 0 saturated carbocycles. The maximum Gasteiger partial charge on any atom is 0.258 e. The molecule has 0 spiro atoms. The third-order valence-electron chi connectivity index (χ3n) is 6.92. The van der Waals surface area contributed by atoms with Crippen molar-refractivity contribution in [3.05, 3.63) is 74.3 Å². The fourth-order valence-electron chi connectivity index (χ4n) is 4.86. The number of nitrogens with zero attached hydrogens (tertiary/aromatic N) is 2. The number of nitrogens with one attached hydrogen (secondary N) is 4. The molecule has 1 saturated heterocycles. The molecule has 3 heterocycles. The maximum atomic E-state index is 13.3. The second kappa shape index (κ2) is 10.6. The summed E-state index contributed by atoms with van der Waals surface area (Å²) in [5.74, 6) is 0.536. The largest absolute Gasteiger partial charge is 0.333 e. The van der Waals surface area contributed by atoms with Crippen LogP contribution in [0.2, 0.25) is 10.0 Å². The number of benzene rings is 2. The Morgan fingerprint density at radius 1 is 1.24 bits per heavy atom. The molecule has 1 amide bonds. The number of H-pyrrole nitrogens is 1. The number of allylic oxidation sites excluding steroid dienone is 1. The number of aromatic nitrogens is 3. The van der Waals surface area contributed by atoms with E-state index in [0.717, 1.165) is 36.0 Å². The molecule has 4 aromatic rings. The van der Waals surface area contributed by atoms with E-state index in [1.54, 1.807) is 24.4 Å². The molecule has 1 unspecified atom stereocenters. The zero-order chi connectivity index (χ0) is 26.1. The highest BCUT2D eigenvalue weighted by atomic mass is 35.5. The van der Waals surface area contributed by atoms with Gasteiger partial charge in [-0.1, -0.05) is 41.4 Å². The summed E-state index contributed by atoms with van der Waals surface area (Å²) in [6, 6.07) is 9.09. The lowest BCUT2D eigenvalue weighted by Crippen LogP contribution is -2.38. The number of amides is 1. The predicted octanol–water partition coefficient (Wildman–Crippen LogP) is 4.95. The van der Waals surface area contributed by atoms with E-state index >= 15 is 0 Å². The Bertz CT molecular complexity index is 1560. The van der Waals surface area contributed by atoms with E-state index in [9.17, 15) is 9.59 Å². The first-order valence-electron chi connectivity index (χ1n) is 12.2. The van der Waals surface area contributed by atoms with Crippen molar-refractivity contribution in [3.8, 4) is 0 Å². The van der Waals surface area contributed by atoms with Gasteiger partial charge in [0, 0.05) is 31.9 Å². The van der Waals surface area contributed by atoms with Gasteiger partial charge in [-0.2, -0.15) is 0 Å². The quantitative estimate of drug-likeness (QED) is 0.278. The molecule has 0 aliphatic carbocycles. The number of rotatable bonds is 6. The van der Waals surface area contributed by atoms with Crippen molar-refractivity contribution in [3.63, 3.8) is 0 Å². The van der Waals surface area contributed by atoms with Crippen LogP contribution in [0, 0.1) is 12.8 Å². The number of anilines is 2. The molecule has 1 fully saturated rings. The molecule has 1 aliphatic heterocycles. The Kier molecular flexibility index (Phi) is 7.24. The number of hydrogen-bond acceptors (Lipinski definition) is 5. The lowest BCUT2D eigenvalue weighted by atomic mass is 9.99. The fraction of sp³-hybridized carbons (Fsp3) is 0.296. The van der Waals surface area contributed by atoms with Crippen molar-refractivity contribution in [2.45, 2.75) is 26.2 Å². The van der Waals surface area contributed by atoms with Crippen molar-refractivity contribution in [2.75, 3.05) is 18.4 Å². The van der Waals surface area contributed by atoms with Gasteiger partial charge in [-0.3, -0.25) is 9.59 Å². The first-order valence-corrected chi connectivity index (χ1v) is 13.0. The highest BCUT2D eigenvalue weighted by Crippen LogP contribution is 2.34. The Morgan fingerprint density at radius 3 is 2.76 bits per heavy atom. The van der Waals surface area contributed by atoms with E-state index < -0.39 is 0 Å². The highest BCUT2D eigenvalue weighted by molar-refractivity contribution is 6.39. The van der Waals surface area contributed by atoms with E-state index in [1.165, 1.54) is 0 Å². The average molecular weight is 539 g/mol. The molecule has 2 aromatic heterocycles. The molecule has 8 nitrogen and oxygen atoms in total. The lowest BCUT2D eigenvalue weighted by molar-refractivity contribution is -0.124. The van der Waals surface area contributed by atoms with Gasteiger partial charge in [0.1, 0.15) is 0 Å². The molecule has 1 atom stereocenters. The summed E-state index contributed by atoms with van der Waals surface area (Å²) >= 11 is 12.7. The number of imidazole rings is 1. The topological polar surface area (TPSA) is 104 Å². The van der Waals surface area contributed by atoms with E-state index in [4.69, 9.17) is 23.2 Å². The second-order valence-electron chi connectivity index (χ2n) is 9.29. The third kappa shape index (κ3) is 4.97. The third-order valence-corrected chi connectivity index (χ3v) is 7.55. The molecule has 0 bridgehead atoms. The summed E-state index contributed by atoms with van der Waals surface area (Å²) in [6.07, 6.45) is 5.92. The Labute approximate surface area is 224 Å². The van der Waals surface area contributed by atoms with Crippen molar-refractivity contribution in [2.24, 2.45) is 13.0 Å². The van der Waals surface area contributed by atoms with Crippen LogP contribution in [-0.4, -0.2) is 33.5 Å². The average Bonchev–Trinajstić information content (AvgIpc) is 3.22. The number of carbonyl (C=O) groups excluding carboxylic acids is 1. The normalized spacial score (nSPS) is 16.1. The van der Waals surface area contributed by atoms with E-state index in [0.29, 0.717) is 51.1 Å². The summed E-state index contributed by atoms with van der Waals surface area (Å²) in [7, 11) is 1.85. The van der Waals surface area contributed by atoms with Crippen LogP contribution >= 0.6 is 23.2 Å². The first kappa shape index (κ1) is 25.3. The molecule has 192 valence electrons. The van der Waals surface area contributed by atoms with Gasteiger partial charge >= 0.3 is 0 Å². The number of halogens is 2. The molecular formula is C27H28Cl2N6O2. The summed E-state index contributed by atoms with van der Waals surface area (Å²) in [5, 5.41) is 11.7. The molecule has 37 heavy (non-hydrogen) atoms. The summed E-state index contributed by atoms with van der Waals surface area (Å²) in [4.78, 5) is 33.3. The number of hydrogen-bond donors (Lipinski definition) is 4. The molecule has 1 aliphatic rings. The molecule has 4 N–H and O–H groups in total. The van der Waals surface area contributed by atoms with E-state index in [1.807, 2.05) is 36.7 Å². The summed E-state index contributed by atoms with van der Waals surface area (Å²) in [6.45, 7) is 3.66. The zero-order valence-corrected chi connectivity index (χ0v) is 22.1. The first-order chi connectivity index (χ1) is 17.8. The van der Waals surface area contributed by atoms with Crippen LogP contribution in [0.3, 0.4) is 0 Å². The predicted molar refractivity (Wildman–Crippen MR) is 150 cm³/mol. The number of piperidine rings is 1. The van der Waals surface area contributed by atoms with Gasteiger partial charge in [-0.15, -0.1) is 0 Å². The number of pyridine rings is 1. The lowest BCUT2D eigenvalue weighted by Gasteiger charge is -2.20. The van der Waals surface area contributed by atoms with E-state index in [-0.39, 0.29) is 17.4 Å². The standard InChI is InChI=1S/C27H28Cl2N6O2/c1-15-17-10-11-21-24(35(2)27(33-21)34-23-18(28)7-3-8-19(23)29)22(17)26(37)32-20(15)9-5-13-31-25(36)16-6-4-12-30-14-16/h3,5,7-8,10-11,13,16,30H,4,6,9,12,14H2,1-2H3,(H,31,36)(H,32,37)(H,33,34). The van der Waals surface area contributed by atoms with Gasteiger partial charge in [0.25, 0.3) is 5.56 Å². The van der Waals surface area contributed by atoms with Gasteiger partial charge in [0.05, 0.1) is 38.1 Å². The van der Waals surface area contributed by atoms with Crippen molar-refractivity contribution in [1.29, 1.82) is 0 Å². The van der Waals surface area contributed by atoms with Crippen molar-refractivity contribution in [1.82, 2.24) is 25.2 Å². The molecular weight excluding hydrogens is 511 g/mol. The second-order valence-corrected chi connectivity index (χ2v) is 10.1. The van der Waals surface area contributed by atoms with Crippen LogP contribution in [0.1, 0.15) is 24.1 Å². The molecule has 2 aromatic carbocycles. The van der Waals surface area contributed by atoms with E-state index in [2.05, 4.69) is 25.9 Å². The van der Waals surface area contributed by atoms with Crippen LogP contribution in [0.5, 0.6) is 0 Å². The van der Waals surface area contributed by atoms with Gasteiger partial charge in [-0.25, -0.2) is 4.98 Å². The van der Waals surface area contributed by atoms with Crippen LogP contribution in [-0.2, 0) is 18.3 Å². The smallest absolute Gasteiger partial charge is 0.258 e. The monoisotopic (exact) mass is 538 g/mol. The van der Waals surface area contributed by atoms with Gasteiger partial charge in [-0.05, 0) is 55.5 Å². The minimum atomic E-state index is -0.197. The molecule has 5 rings (SSSR count). The summed E-state index contributed by atoms with van der Waals surface area (Å²) in [5.41, 5.74) is 3.51. The SMILES string of the molecule is Cc1c(CC=CNC(=O)C2CCCNC2)[nH]c(=O)c2c1ccc1nc(Nc3c(Cl)cccc3Cl)n(C)c12. The number of aryl methyl sites for hydroxylation is 2. The van der Waals surface area contributed by atoms with Gasteiger partial charge in [0.2, 0.25) is 11.9 Å². The number of aromatic amines is 1. The van der Waals surface area contributed by atoms with Crippen molar-refractivity contribution >= 4 is 62.6 Å². The summed E-state index contributed by atoms with van der Waals surface area (Å²) < 4.78 is 1.83. The number of para-hydroxylation sites is 1. The highest BCUT2D eigenvalue weighted by Gasteiger charge is 2.20. The molecule has 0 radical (unpaired) electrons. The minimum absolute atomic E-state index is 0.00441. The number of carbonyl (C=O) groups is 1.